The molecule has 0 heterocycles. The van der Waals surface area contributed by atoms with E-state index in [2.05, 4.69) is 0 Å². The van der Waals surface area contributed by atoms with Crippen LogP contribution in [0.25, 0.3) is 21.9 Å². The molecule has 0 aliphatic heterocycles. The molecule has 0 aliphatic carbocycles. The van der Waals surface area contributed by atoms with Gasteiger partial charge in [-0.1, -0.05) is 36.4 Å². The van der Waals surface area contributed by atoms with Crippen molar-refractivity contribution in [3.05, 3.63) is 54.6 Å². The van der Waals surface area contributed by atoms with E-state index in [9.17, 15) is 5.11 Å². The van der Waals surface area contributed by atoms with Crippen LogP contribution in [-0.4, -0.2) is 5.11 Å². The van der Waals surface area contributed by atoms with Gasteiger partial charge in [0, 0.05) is 22.3 Å². The topological polar surface area (TPSA) is 72.3 Å². The zero-order chi connectivity index (χ0) is 13.4. The molecular formula is C16H14N2O. The summed E-state index contributed by atoms with van der Waals surface area (Å²) >= 11 is 0. The number of hydrogen-bond acceptors (Lipinski definition) is 3. The molecule has 0 amide bonds. The van der Waals surface area contributed by atoms with Crippen molar-refractivity contribution >= 4 is 22.1 Å². The summed E-state index contributed by atoms with van der Waals surface area (Å²) in [4.78, 5) is 0. The molecule has 94 valence electrons. The molecule has 0 radical (unpaired) electrons. The third-order valence-corrected chi connectivity index (χ3v) is 3.30. The van der Waals surface area contributed by atoms with Gasteiger partial charge in [-0.15, -0.1) is 0 Å². The fourth-order valence-corrected chi connectivity index (χ4v) is 2.39. The molecular weight excluding hydrogens is 236 g/mol. The van der Waals surface area contributed by atoms with Crippen LogP contribution in [-0.2, 0) is 0 Å². The zero-order valence-electron chi connectivity index (χ0n) is 10.3. The molecule has 0 saturated carbocycles. The minimum Gasteiger partial charge on any atom is -0.507 e. The van der Waals surface area contributed by atoms with Crippen LogP contribution >= 0.6 is 0 Å². The fourth-order valence-electron chi connectivity index (χ4n) is 2.39. The minimum absolute atomic E-state index is 0.186. The summed E-state index contributed by atoms with van der Waals surface area (Å²) < 4.78 is 0. The first-order valence-electron chi connectivity index (χ1n) is 6.03. The lowest BCUT2D eigenvalue weighted by molar-refractivity contribution is 0.482. The molecule has 0 aliphatic rings. The number of nitrogens with two attached hydrogens (primary N) is 2. The number of aromatic hydroxyl groups is 1. The molecule has 3 aromatic rings. The highest BCUT2D eigenvalue weighted by Gasteiger charge is 2.10. The molecule has 0 fully saturated rings. The van der Waals surface area contributed by atoms with E-state index in [0.717, 1.165) is 16.5 Å². The van der Waals surface area contributed by atoms with Crippen LogP contribution in [0.2, 0.25) is 0 Å². The van der Waals surface area contributed by atoms with Crippen molar-refractivity contribution < 1.29 is 5.11 Å². The second kappa shape index (κ2) is 4.21. The number of phenolic OH excluding ortho intramolecular Hbond substituents is 1. The first kappa shape index (κ1) is 11.4. The van der Waals surface area contributed by atoms with Gasteiger partial charge in [0.1, 0.15) is 5.75 Å². The number of hydrogen-bond donors (Lipinski definition) is 3. The van der Waals surface area contributed by atoms with Crippen molar-refractivity contribution in [2.24, 2.45) is 0 Å². The summed E-state index contributed by atoms with van der Waals surface area (Å²) in [5.41, 5.74) is 15.2. The largest absolute Gasteiger partial charge is 0.507 e. The first-order chi connectivity index (χ1) is 9.18. The Morgan fingerprint density at radius 1 is 0.684 bits per heavy atom. The number of phenols is 1. The number of nitrogen functional groups attached to an aromatic ring is 2. The van der Waals surface area contributed by atoms with Gasteiger partial charge >= 0.3 is 0 Å². The summed E-state index contributed by atoms with van der Waals surface area (Å²) in [6, 6.07) is 16.8. The standard InChI is InChI=1S/C16H14N2O/c17-13-6-2-1-4-11(13)10-8-9-14(18)16-12(10)5-3-7-15(16)19/h1-9,19H,17-18H2. The molecule has 0 atom stereocenters. The fraction of sp³-hybridized carbons (Fsp3) is 0. The first-order valence-corrected chi connectivity index (χ1v) is 6.03. The van der Waals surface area contributed by atoms with Gasteiger partial charge in [0.2, 0.25) is 0 Å². The number of para-hydroxylation sites is 1. The maximum Gasteiger partial charge on any atom is 0.125 e. The lowest BCUT2D eigenvalue weighted by Gasteiger charge is -2.12. The molecule has 0 spiro atoms. The molecule has 19 heavy (non-hydrogen) atoms. The second-order valence-corrected chi connectivity index (χ2v) is 4.49. The van der Waals surface area contributed by atoms with E-state index in [-0.39, 0.29) is 5.75 Å². The van der Waals surface area contributed by atoms with Crippen LogP contribution in [0.1, 0.15) is 0 Å². The number of rotatable bonds is 1. The second-order valence-electron chi connectivity index (χ2n) is 4.49. The SMILES string of the molecule is Nc1ccccc1-c1ccc(N)c2c(O)cccc12. The van der Waals surface area contributed by atoms with Crippen molar-refractivity contribution in [1.82, 2.24) is 0 Å². The molecule has 0 unspecified atom stereocenters. The highest BCUT2D eigenvalue weighted by atomic mass is 16.3. The van der Waals surface area contributed by atoms with E-state index in [1.54, 1.807) is 18.2 Å². The van der Waals surface area contributed by atoms with Crippen LogP contribution in [0.4, 0.5) is 11.4 Å². The molecule has 5 N–H and O–H groups in total. The number of fused-ring (bicyclic) bond motifs is 1. The number of benzene rings is 3. The Kier molecular flexibility index (Phi) is 2.53. The third-order valence-electron chi connectivity index (χ3n) is 3.30. The maximum absolute atomic E-state index is 9.98. The Morgan fingerprint density at radius 2 is 1.47 bits per heavy atom. The average molecular weight is 250 g/mol. The van der Waals surface area contributed by atoms with Crippen molar-refractivity contribution in [1.29, 1.82) is 0 Å². The average Bonchev–Trinajstić information content (AvgIpc) is 2.40. The molecule has 0 bridgehead atoms. The van der Waals surface area contributed by atoms with Gasteiger partial charge in [-0.05, 0) is 29.1 Å². The molecule has 3 heteroatoms. The predicted octanol–water partition coefficient (Wildman–Crippen LogP) is 3.38. The van der Waals surface area contributed by atoms with Crippen LogP contribution in [0, 0.1) is 0 Å². The molecule has 3 rings (SSSR count). The maximum atomic E-state index is 9.98. The lowest BCUT2D eigenvalue weighted by atomic mass is 9.96. The Labute approximate surface area is 111 Å². The summed E-state index contributed by atoms with van der Waals surface area (Å²) in [5, 5.41) is 11.6. The van der Waals surface area contributed by atoms with Gasteiger partial charge in [0.15, 0.2) is 0 Å². The quantitative estimate of drug-likeness (QED) is 0.580. The van der Waals surface area contributed by atoms with Gasteiger partial charge in [0.25, 0.3) is 0 Å². The lowest BCUT2D eigenvalue weighted by Crippen LogP contribution is -1.93. The summed E-state index contributed by atoms with van der Waals surface area (Å²) in [5.74, 6) is 0.186. The third kappa shape index (κ3) is 1.76. The van der Waals surface area contributed by atoms with E-state index in [1.165, 1.54) is 0 Å². The summed E-state index contributed by atoms with van der Waals surface area (Å²) in [7, 11) is 0. The summed E-state index contributed by atoms with van der Waals surface area (Å²) in [6.45, 7) is 0. The minimum atomic E-state index is 0.186. The van der Waals surface area contributed by atoms with E-state index < -0.39 is 0 Å². The van der Waals surface area contributed by atoms with Crippen LogP contribution in [0.3, 0.4) is 0 Å². The van der Waals surface area contributed by atoms with Gasteiger partial charge in [-0.2, -0.15) is 0 Å². The Hall–Kier alpha value is -2.68. The molecule has 0 aromatic heterocycles. The van der Waals surface area contributed by atoms with Crippen molar-refractivity contribution in [2.75, 3.05) is 11.5 Å². The molecule has 3 nitrogen and oxygen atoms in total. The van der Waals surface area contributed by atoms with Gasteiger partial charge in [-0.25, -0.2) is 0 Å². The van der Waals surface area contributed by atoms with E-state index in [0.29, 0.717) is 16.8 Å². The van der Waals surface area contributed by atoms with Gasteiger partial charge in [0.05, 0.1) is 0 Å². The highest BCUT2D eigenvalue weighted by molar-refractivity contribution is 6.07. The molecule has 3 aromatic carbocycles. The predicted molar refractivity (Wildman–Crippen MR) is 79.9 cm³/mol. The number of anilines is 2. The van der Waals surface area contributed by atoms with Gasteiger partial charge < -0.3 is 16.6 Å². The Bertz CT molecular complexity index is 758. The van der Waals surface area contributed by atoms with Crippen molar-refractivity contribution in [2.45, 2.75) is 0 Å². The zero-order valence-corrected chi connectivity index (χ0v) is 10.3. The van der Waals surface area contributed by atoms with Crippen molar-refractivity contribution in [3.8, 4) is 16.9 Å². The molecule has 0 saturated heterocycles. The van der Waals surface area contributed by atoms with Crippen LogP contribution in [0.15, 0.2) is 54.6 Å². The van der Waals surface area contributed by atoms with E-state index in [1.807, 2.05) is 36.4 Å². The smallest absolute Gasteiger partial charge is 0.125 e. The Morgan fingerprint density at radius 3 is 2.26 bits per heavy atom. The summed E-state index contributed by atoms with van der Waals surface area (Å²) in [6.07, 6.45) is 0. The van der Waals surface area contributed by atoms with Gasteiger partial charge in [-0.3, -0.25) is 0 Å². The van der Waals surface area contributed by atoms with Crippen molar-refractivity contribution in [3.63, 3.8) is 0 Å². The van der Waals surface area contributed by atoms with E-state index in [4.69, 9.17) is 11.5 Å². The highest BCUT2D eigenvalue weighted by Crippen LogP contribution is 2.38. The van der Waals surface area contributed by atoms with Crippen LogP contribution < -0.4 is 11.5 Å². The monoisotopic (exact) mass is 250 g/mol. The van der Waals surface area contributed by atoms with E-state index >= 15 is 0 Å². The van der Waals surface area contributed by atoms with Crippen LogP contribution in [0.5, 0.6) is 5.75 Å². The Balaban J connectivity index is 2.41. The normalized spacial score (nSPS) is 10.7.